The van der Waals surface area contributed by atoms with Gasteiger partial charge >= 0.3 is 0 Å². The fourth-order valence-electron chi connectivity index (χ4n) is 2.16. The monoisotopic (exact) mass is 266 g/mol. The first-order chi connectivity index (χ1) is 9.55. The zero-order valence-corrected chi connectivity index (χ0v) is 11.1. The number of benzene rings is 2. The summed E-state index contributed by atoms with van der Waals surface area (Å²) < 4.78 is 0. The zero-order valence-electron chi connectivity index (χ0n) is 11.1. The lowest BCUT2D eigenvalue weighted by atomic mass is 9.78. The van der Waals surface area contributed by atoms with Gasteiger partial charge in [-0.25, -0.2) is 0 Å². The van der Waals surface area contributed by atoms with Crippen LogP contribution in [0.2, 0.25) is 0 Å². The van der Waals surface area contributed by atoms with Crippen molar-refractivity contribution in [2.45, 2.75) is 18.8 Å². The summed E-state index contributed by atoms with van der Waals surface area (Å²) in [5.74, 6) is 0. The van der Waals surface area contributed by atoms with Crippen LogP contribution < -0.4 is 0 Å². The normalized spacial score (nSPS) is 13.2. The largest absolute Gasteiger partial charge is 0.269 e. The van der Waals surface area contributed by atoms with Crippen LogP contribution in [0.4, 0.5) is 5.69 Å². The van der Waals surface area contributed by atoms with E-state index < -0.39 is 10.3 Å². The molecule has 0 bridgehead atoms. The van der Waals surface area contributed by atoms with E-state index in [0.717, 1.165) is 11.1 Å². The van der Waals surface area contributed by atoms with E-state index in [0.29, 0.717) is 6.42 Å². The highest BCUT2D eigenvalue weighted by atomic mass is 16.6. The Morgan fingerprint density at radius 2 is 1.75 bits per heavy atom. The summed E-state index contributed by atoms with van der Waals surface area (Å²) in [7, 11) is 0. The van der Waals surface area contributed by atoms with Gasteiger partial charge in [0.05, 0.1) is 16.4 Å². The first kappa shape index (κ1) is 13.8. The fraction of sp³-hybridized carbons (Fsp3) is 0.188. The van der Waals surface area contributed by atoms with Crippen molar-refractivity contribution in [3.05, 3.63) is 75.8 Å². The molecule has 2 aromatic rings. The molecule has 0 saturated heterocycles. The van der Waals surface area contributed by atoms with Crippen molar-refractivity contribution >= 4 is 5.69 Å². The summed E-state index contributed by atoms with van der Waals surface area (Å²) in [4.78, 5) is 10.2. The highest BCUT2D eigenvalue weighted by Gasteiger charge is 2.27. The van der Waals surface area contributed by atoms with E-state index in [4.69, 9.17) is 0 Å². The molecule has 1 unspecified atom stereocenters. The molecule has 4 nitrogen and oxygen atoms in total. The van der Waals surface area contributed by atoms with E-state index in [1.807, 2.05) is 37.3 Å². The molecule has 100 valence electrons. The molecule has 0 aliphatic heterocycles. The zero-order chi connectivity index (χ0) is 14.6. The Morgan fingerprint density at radius 3 is 2.25 bits per heavy atom. The number of nitrogens with zero attached hydrogens (tertiary/aromatic N) is 2. The molecule has 0 saturated carbocycles. The van der Waals surface area contributed by atoms with Crippen LogP contribution in [-0.2, 0) is 11.8 Å². The predicted molar refractivity (Wildman–Crippen MR) is 76.2 cm³/mol. The van der Waals surface area contributed by atoms with Gasteiger partial charge in [0, 0.05) is 12.1 Å². The summed E-state index contributed by atoms with van der Waals surface area (Å²) in [6.07, 6.45) is 0.572. The minimum Gasteiger partial charge on any atom is -0.258 e. The third kappa shape index (κ3) is 2.83. The number of rotatable bonds is 4. The van der Waals surface area contributed by atoms with E-state index in [2.05, 4.69) is 6.07 Å². The summed E-state index contributed by atoms with van der Waals surface area (Å²) in [5.41, 5.74) is 1.19. The Bertz CT molecular complexity index is 644. The smallest absolute Gasteiger partial charge is 0.258 e. The lowest BCUT2D eigenvalue weighted by Crippen LogP contribution is -2.22. The van der Waals surface area contributed by atoms with Gasteiger partial charge in [0.2, 0.25) is 0 Å². The van der Waals surface area contributed by atoms with Crippen molar-refractivity contribution in [1.29, 1.82) is 5.26 Å². The molecule has 0 N–H and O–H groups in total. The standard InChI is InChI=1S/C16H14N2O2/c1-16(12-17,11-13-5-3-2-4-6-13)14-7-9-15(10-8-14)18(19)20/h2-10H,11H2,1H3. The van der Waals surface area contributed by atoms with Gasteiger partial charge in [0.25, 0.3) is 5.69 Å². The van der Waals surface area contributed by atoms with Gasteiger partial charge in [-0.2, -0.15) is 5.26 Å². The van der Waals surface area contributed by atoms with Gasteiger partial charge in [0.15, 0.2) is 0 Å². The van der Waals surface area contributed by atoms with Crippen molar-refractivity contribution in [2.75, 3.05) is 0 Å². The molecule has 20 heavy (non-hydrogen) atoms. The van der Waals surface area contributed by atoms with Gasteiger partial charge in [-0.05, 0) is 24.5 Å². The molecule has 1 atom stereocenters. The Kier molecular flexibility index (Phi) is 3.81. The summed E-state index contributed by atoms with van der Waals surface area (Å²) in [5, 5.41) is 20.2. The van der Waals surface area contributed by atoms with E-state index in [9.17, 15) is 15.4 Å². The Hall–Kier alpha value is -2.67. The van der Waals surface area contributed by atoms with Gasteiger partial charge in [-0.15, -0.1) is 0 Å². The van der Waals surface area contributed by atoms with Crippen LogP contribution in [0.25, 0.3) is 0 Å². The number of hydrogen-bond donors (Lipinski definition) is 0. The molecule has 2 aromatic carbocycles. The molecule has 0 radical (unpaired) electrons. The topological polar surface area (TPSA) is 66.9 Å². The summed E-state index contributed by atoms with van der Waals surface area (Å²) in [6.45, 7) is 1.85. The van der Waals surface area contributed by atoms with Gasteiger partial charge in [-0.3, -0.25) is 10.1 Å². The maximum atomic E-state index is 10.7. The third-order valence-electron chi connectivity index (χ3n) is 3.36. The lowest BCUT2D eigenvalue weighted by molar-refractivity contribution is -0.384. The first-order valence-corrected chi connectivity index (χ1v) is 6.25. The van der Waals surface area contributed by atoms with Crippen molar-refractivity contribution in [3.63, 3.8) is 0 Å². The number of nitro groups is 1. The number of nitriles is 1. The van der Waals surface area contributed by atoms with Crippen LogP contribution in [0.1, 0.15) is 18.1 Å². The molecule has 4 heteroatoms. The van der Waals surface area contributed by atoms with Crippen LogP contribution in [-0.4, -0.2) is 4.92 Å². The molecule has 0 spiro atoms. The van der Waals surface area contributed by atoms with E-state index in [1.54, 1.807) is 12.1 Å². The van der Waals surface area contributed by atoms with Crippen LogP contribution >= 0.6 is 0 Å². The fourth-order valence-corrected chi connectivity index (χ4v) is 2.16. The van der Waals surface area contributed by atoms with Crippen LogP contribution in [0.3, 0.4) is 0 Å². The lowest BCUT2D eigenvalue weighted by Gasteiger charge is -2.22. The summed E-state index contributed by atoms with van der Waals surface area (Å²) >= 11 is 0. The predicted octanol–water partition coefficient (Wildman–Crippen LogP) is 3.62. The Labute approximate surface area is 117 Å². The quantitative estimate of drug-likeness (QED) is 0.627. The Balaban J connectivity index is 2.31. The Morgan fingerprint density at radius 1 is 1.15 bits per heavy atom. The number of nitro benzene ring substituents is 1. The minimum atomic E-state index is -0.698. The molecule has 0 aromatic heterocycles. The average molecular weight is 266 g/mol. The third-order valence-corrected chi connectivity index (χ3v) is 3.36. The van der Waals surface area contributed by atoms with Gasteiger partial charge in [-0.1, -0.05) is 42.5 Å². The maximum absolute atomic E-state index is 10.7. The molecule has 0 aliphatic carbocycles. The second-order valence-corrected chi connectivity index (χ2v) is 4.91. The second-order valence-electron chi connectivity index (χ2n) is 4.91. The highest BCUT2D eigenvalue weighted by molar-refractivity contribution is 5.40. The van der Waals surface area contributed by atoms with Crippen molar-refractivity contribution < 1.29 is 4.92 Å². The average Bonchev–Trinajstić information content (AvgIpc) is 2.48. The second kappa shape index (κ2) is 5.54. The van der Waals surface area contributed by atoms with Crippen molar-refractivity contribution in [2.24, 2.45) is 0 Å². The molecule has 0 fully saturated rings. The molecule has 0 aliphatic rings. The number of non-ortho nitro benzene ring substituents is 1. The molecule has 2 rings (SSSR count). The molecule has 0 amide bonds. The van der Waals surface area contributed by atoms with Crippen LogP contribution in [0.15, 0.2) is 54.6 Å². The van der Waals surface area contributed by atoms with E-state index in [-0.39, 0.29) is 5.69 Å². The van der Waals surface area contributed by atoms with Gasteiger partial charge in [0.1, 0.15) is 0 Å². The molecule has 0 heterocycles. The molecular formula is C16H14N2O2. The van der Waals surface area contributed by atoms with Gasteiger partial charge < -0.3 is 0 Å². The van der Waals surface area contributed by atoms with E-state index in [1.165, 1.54) is 12.1 Å². The highest BCUT2D eigenvalue weighted by Crippen LogP contribution is 2.28. The SMILES string of the molecule is CC(C#N)(Cc1ccccc1)c1ccc([N+](=O)[O-])cc1. The molecular weight excluding hydrogens is 252 g/mol. The van der Waals surface area contributed by atoms with Crippen LogP contribution in [0.5, 0.6) is 0 Å². The van der Waals surface area contributed by atoms with Crippen molar-refractivity contribution in [3.8, 4) is 6.07 Å². The first-order valence-electron chi connectivity index (χ1n) is 6.25. The number of hydrogen-bond acceptors (Lipinski definition) is 3. The van der Waals surface area contributed by atoms with Crippen molar-refractivity contribution in [1.82, 2.24) is 0 Å². The van der Waals surface area contributed by atoms with Crippen LogP contribution in [0, 0.1) is 21.4 Å². The maximum Gasteiger partial charge on any atom is 0.269 e. The van der Waals surface area contributed by atoms with E-state index >= 15 is 0 Å². The minimum absolute atomic E-state index is 0.0359. The summed E-state index contributed by atoms with van der Waals surface area (Å²) in [6, 6.07) is 18.3.